The molecule has 1 fully saturated rings. The molecule has 2 aromatic carbocycles. The number of nitrogens with zero attached hydrogens (tertiary/aromatic N) is 1. The Hall–Kier alpha value is -3.28. The van der Waals surface area contributed by atoms with Gasteiger partial charge in [-0.3, -0.25) is 4.79 Å². The van der Waals surface area contributed by atoms with Gasteiger partial charge >= 0.3 is 12.0 Å². The lowest BCUT2D eigenvalue weighted by Crippen LogP contribution is -2.42. The van der Waals surface area contributed by atoms with Gasteiger partial charge in [-0.05, 0) is 31.0 Å². The number of carboxylic acid groups (broad SMARTS) is 1. The molecule has 6 nitrogen and oxygen atoms in total. The highest BCUT2D eigenvalue weighted by Gasteiger charge is 2.42. The standard InChI is InChI=1S/C22H22N2O4/c1-22(20(25)26)11-12-24(14-22)21(27)23-19(15-7-3-2-4-8-15)18-13-16-9-5-6-10-17(16)28-18/h2-10,13,19H,11-12,14H2,1H3,(H,23,27)(H,25,26). The van der Waals surface area contributed by atoms with Gasteiger partial charge in [-0.1, -0.05) is 48.5 Å². The van der Waals surface area contributed by atoms with E-state index < -0.39 is 17.4 Å². The van der Waals surface area contributed by atoms with Gasteiger partial charge in [0.1, 0.15) is 17.4 Å². The van der Waals surface area contributed by atoms with Gasteiger partial charge in [0.2, 0.25) is 0 Å². The van der Waals surface area contributed by atoms with Gasteiger partial charge in [-0.15, -0.1) is 0 Å². The number of rotatable bonds is 4. The van der Waals surface area contributed by atoms with Gasteiger partial charge in [-0.2, -0.15) is 0 Å². The Morgan fingerprint density at radius 3 is 2.54 bits per heavy atom. The van der Waals surface area contributed by atoms with E-state index in [0.29, 0.717) is 18.7 Å². The average Bonchev–Trinajstić information content (AvgIpc) is 3.31. The Morgan fingerprint density at radius 1 is 1.14 bits per heavy atom. The highest BCUT2D eigenvalue weighted by atomic mass is 16.4. The van der Waals surface area contributed by atoms with Gasteiger partial charge in [0, 0.05) is 18.5 Å². The van der Waals surface area contributed by atoms with Crippen LogP contribution in [0, 0.1) is 5.41 Å². The second-order valence-electron chi connectivity index (χ2n) is 7.52. The maximum Gasteiger partial charge on any atom is 0.318 e. The minimum absolute atomic E-state index is 0.190. The van der Waals surface area contributed by atoms with Crippen molar-refractivity contribution < 1.29 is 19.1 Å². The van der Waals surface area contributed by atoms with Crippen molar-refractivity contribution >= 4 is 23.0 Å². The first kappa shape index (κ1) is 18.1. The molecule has 6 heteroatoms. The van der Waals surface area contributed by atoms with Crippen LogP contribution in [0.15, 0.2) is 65.1 Å². The Balaban J connectivity index is 1.62. The van der Waals surface area contributed by atoms with Gasteiger partial charge in [0.15, 0.2) is 0 Å². The van der Waals surface area contributed by atoms with Crippen molar-refractivity contribution in [2.75, 3.05) is 13.1 Å². The molecule has 0 radical (unpaired) electrons. The molecule has 0 aliphatic carbocycles. The van der Waals surface area contributed by atoms with Crippen molar-refractivity contribution in [2.45, 2.75) is 19.4 Å². The molecule has 2 unspecified atom stereocenters. The second-order valence-corrected chi connectivity index (χ2v) is 7.52. The van der Waals surface area contributed by atoms with Crippen LogP contribution in [-0.2, 0) is 4.79 Å². The van der Waals surface area contributed by atoms with Crippen molar-refractivity contribution in [3.8, 4) is 0 Å². The lowest BCUT2D eigenvalue weighted by atomic mass is 9.90. The van der Waals surface area contributed by atoms with E-state index >= 15 is 0 Å². The van der Waals surface area contributed by atoms with E-state index in [0.717, 1.165) is 16.5 Å². The SMILES string of the molecule is CC1(C(=O)O)CCN(C(=O)NC(c2ccccc2)c2cc3ccccc3o2)C1. The number of para-hydroxylation sites is 1. The quantitative estimate of drug-likeness (QED) is 0.718. The van der Waals surface area contributed by atoms with Gasteiger partial charge in [0.05, 0.1) is 5.41 Å². The number of urea groups is 1. The zero-order chi connectivity index (χ0) is 19.7. The number of nitrogens with one attached hydrogen (secondary N) is 1. The summed E-state index contributed by atoms with van der Waals surface area (Å²) >= 11 is 0. The van der Waals surface area contributed by atoms with Crippen LogP contribution in [0.4, 0.5) is 4.79 Å². The molecule has 144 valence electrons. The molecule has 2 atom stereocenters. The number of carbonyl (C=O) groups is 2. The van der Waals surface area contributed by atoms with Crippen molar-refractivity contribution in [3.63, 3.8) is 0 Å². The first-order valence-corrected chi connectivity index (χ1v) is 9.28. The topological polar surface area (TPSA) is 82.8 Å². The van der Waals surface area contributed by atoms with E-state index in [4.69, 9.17) is 4.42 Å². The highest BCUT2D eigenvalue weighted by molar-refractivity contribution is 5.81. The number of amides is 2. The van der Waals surface area contributed by atoms with Crippen LogP contribution in [0.1, 0.15) is 30.7 Å². The first-order valence-electron chi connectivity index (χ1n) is 9.28. The number of furan rings is 1. The molecule has 4 rings (SSSR count). The van der Waals surface area contributed by atoms with E-state index in [9.17, 15) is 14.7 Å². The molecule has 2 amide bonds. The largest absolute Gasteiger partial charge is 0.481 e. The maximum absolute atomic E-state index is 12.9. The Labute approximate surface area is 162 Å². The summed E-state index contributed by atoms with van der Waals surface area (Å²) in [5.41, 5.74) is 0.751. The Bertz CT molecular complexity index is 981. The van der Waals surface area contributed by atoms with Crippen LogP contribution in [-0.4, -0.2) is 35.1 Å². The Morgan fingerprint density at radius 2 is 1.86 bits per heavy atom. The average molecular weight is 378 g/mol. The van der Waals surface area contributed by atoms with Crippen molar-refractivity contribution in [3.05, 3.63) is 72.0 Å². The fourth-order valence-corrected chi connectivity index (χ4v) is 3.63. The molecular formula is C22H22N2O4. The maximum atomic E-state index is 12.9. The molecular weight excluding hydrogens is 356 g/mol. The fraction of sp³-hybridized carbons (Fsp3) is 0.273. The molecule has 3 aromatic rings. The molecule has 28 heavy (non-hydrogen) atoms. The summed E-state index contributed by atoms with van der Waals surface area (Å²) in [4.78, 5) is 26.0. The number of benzene rings is 2. The van der Waals surface area contributed by atoms with Gasteiger partial charge < -0.3 is 19.7 Å². The summed E-state index contributed by atoms with van der Waals surface area (Å²) in [6.45, 7) is 2.28. The zero-order valence-electron chi connectivity index (χ0n) is 15.6. The van der Waals surface area contributed by atoms with E-state index in [1.54, 1.807) is 11.8 Å². The van der Waals surface area contributed by atoms with Crippen LogP contribution in [0.2, 0.25) is 0 Å². The molecule has 2 N–H and O–H groups in total. The predicted octanol–water partition coefficient (Wildman–Crippen LogP) is 4.03. The molecule has 1 aliphatic heterocycles. The van der Waals surface area contributed by atoms with Crippen LogP contribution in [0.5, 0.6) is 0 Å². The summed E-state index contributed by atoms with van der Waals surface area (Å²) in [6.07, 6.45) is 0.441. The first-order chi connectivity index (χ1) is 13.5. The van der Waals surface area contributed by atoms with Crippen molar-refractivity contribution in [2.24, 2.45) is 5.41 Å². The number of carbonyl (C=O) groups excluding carboxylic acids is 1. The number of fused-ring (bicyclic) bond motifs is 1. The lowest BCUT2D eigenvalue weighted by Gasteiger charge is -2.24. The third kappa shape index (κ3) is 3.33. The van der Waals surface area contributed by atoms with Crippen LogP contribution >= 0.6 is 0 Å². The number of hydrogen-bond acceptors (Lipinski definition) is 3. The summed E-state index contributed by atoms with van der Waals surface area (Å²) in [5.74, 6) is -0.236. The zero-order valence-corrected chi connectivity index (χ0v) is 15.6. The second kappa shape index (κ2) is 7.03. The van der Waals surface area contributed by atoms with Gasteiger partial charge in [0.25, 0.3) is 0 Å². The smallest absolute Gasteiger partial charge is 0.318 e. The summed E-state index contributed by atoms with van der Waals surface area (Å²) in [5, 5.41) is 13.4. The van der Waals surface area contributed by atoms with E-state index in [1.807, 2.05) is 60.7 Å². The van der Waals surface area contributed by atoms with E-state index in [2.05, 4.69) is 5.32 Å². The normalized spacial score (nSPS) is 20.2. The Kier molecular flexibility index (Phi) is 4.55. The fourth-order valence-electron chi connectivity index (χ4n) is 3.63. The molecule has 2 heterocycles. The molecule has 1 aromatic heterocycles. The summed E-state index contributed by atoms with van der Waals surface area (Å²) in [6, 6.07) is 18.5. The number of hydrogen-bond donors (Lipinski definition) is 2. The molecule has 1 saturated heterocycles. The molecule has 0 saturated carbocycles. The van der Waals surface area contributed by atoms with Gasteiger partial charge in [-0.25, -0.2) is 4.79 Å². The predicted molar refractivity (Wildman–Crippen MR) is 105 cm³/mol. The third-order valence-corrected chi connectivity index (χ3v) is 5.41. The summed E-state index contributed by atoms with van der Waals surface area (Å²) < 4.78 is 6.00. The van der Waals surface area contributed by atoms with Crippen molar-refractivity contribution in [1.29, 1.82) is 0 Å². The minimum Gasteiger partial charge on any atom is -0.481 e. The summed E-state index contributed by atoms with van der Waals surface area (Å²) in [7, 11) is 0. The lowest BCUT2D eigenvalue weighted by molar-refractivity contribution is -0.147. The number of likely N-dealkylation sites (tertiary alicyclic amines) is 1. The number of carboxylic acids is 1. The van der Waals surface area contributed by atoms with Crippen LogP contribution in [0.3, 0.4) is 0 Å². The van der Waals surface area contributed by atoms with E-state index in [1.165, 1.54) is 0 Å². The minimum atomic E-state index is -0.904. The molecule has 0 spiro atoms. The van der Waals surface area contributed by atoms with E-state index in [-0.39, 0.29) is 12.6 Å². The van der Waals surface area contributed by atoms with Crippen LogP contribution in [0.25, 0.3) is 11.0 Å². The monoisotopic (exact) mass is 378 g/mol. The molecule has 1 aliphatic rings. The highest BCUT2D eigenvalue weighted by Crippen LogP contribution is 2.32. The molecule has 0 bridgehead atoms. The van der Waals surface area contributed by atoms with Crippen LogP contribution < -0.4 is 5.32 Å². The third-order valence-electron chi connectivity index (χ3n) is 5.41. The van der Waals surface area contributed by atoms with Crippen molar-refractivity contribution in [1.82, 2.24) is 10.2 Å². The number of aliphatic carboxylic acids is 1.